The summed E-state index contributed by atoms with van der Waals surface area (Å²) in [6, 6.07) is 6.14. The van der Waals surface area contributed by atoms with Crippen molar-refractivity contribution in [1.29, 1.82) is 0 Å². The fraction of sp³-hybridized carbons (Fsp3) is 0.333. The molecule has 0 bridgehead atoms. The largest absolute Gasteiger partial charge is 0.338 e. The van der Waals surface area contributed by atoms with Crippen molar-refractivity contribution >= 4 is 28.6 Å². The van der Waals surface area contributed by atoms with Crippen LogP contribution in [0, 0.1) is 5.82 Å². The Balaban J connectivity index is 1.68. The van der Waals surface area contributed by atoms with Crippen LogP contribution in [0.2, 0.25) is 0 Å². The zero-order chi connectivity index (χ0) is 17.9. The van der Waals surface area contributed by atoms with E-state index in [0.717, 1.165) is 38.4 Å². The van der Waals surface area contributed by atoms with E-state index >= 15 is 0 Å². The van der Waals surface area contributed by atoms with Gasteiger partial charge < -0.3 is 15.1 Å². The minimum atomic E-state index is -0.280. The number of hydrogen-bond acceptors (Lipinski definition) is 7. The predicted molar refractivity (Wildman–Crippen MR) is 99.1 cm³/mol. The maximum Gasteiger partial charge on any atom is 0.229 e. The smallest absolute Gasteiger partial charge is 0.229 e. The number of piperazine rings is 1. The minimum absolute atomic E-state index is 0.280. The minimum Gasteiger partial charge on any atom is -0.338 e. The van der Waals surface area contributed by atoms with Crippen molar-refractivity contribution in [3.63, 3.8) is 0 Å². The molecule has 3 aromatic rings. The first-order valence-corrected chi connectivity index (χ1v) is 8.71. The Morgan fingerprint density at radius 2 is 1.73 bits per heavy atom. The molecule has 1 aliphatic heterocycles. The Kier molecular flexibility index (Phi) is 4.57. The second-order valence-electron chi connectivity index (χ2n) is 6.15. The summed E-state index contributed by atoms with van der Waals surface area (Å²) in [5.74, 6) is 0.929. The van der Waals surface area contributed by atoms with Crippen LogP contribution in [0.1, 0.15) is 6.92 Å². The van der Waals surface area contributed by atoms with E-state index in [9.17, 15) is 4.39 Å². The molecule has 0 aliphatic carbocycles. The van der Waals surface area contributed by atoms with Crippen LogP contribution in [0.4, 0.5) is 21.8 Å². The Bertz CT molecular complexity index is 892. The zero-order valence-electron chi connectivity index (χ0n) is 14.6. The fourth-order valence-electron chi connectivity index (χ4n) is 3.01. The summed E-state index contributed by atoms with van der Waals surface area (Å²) in [7, 11) is 0. The van der Waals surface area contributed by atoms with Gasteiger partial charge in [-0.05, 0) is 30.8 Å². The number of aromatic nitrogens is 4. The molecule has 1 saturated heterocycles. The fourth-order valence-corrected chi connectivity index (χ4v) is 3.01. The number of fused-ring (bicyclic) bond motifs is 1. The number of anilines is 3. The lowest BCUT2D eigenvalue weighted by Gasteiger charge is -2.34. The second kappa shape index (κ2) is 7.17. The van der Waals surface area contributed by atoms with Crippen molar-refractivity contribution in [2.45, 2.75) is 6.92 Å². The molecule has 1 N–H and O–H groups in total. The Hall–Kier alpha value is -2.87. The molecule has 1 fully saturated rings. The van der Waals surface area contributed by atoms with Crippen molar-refractivity contribution in [2.75, 3.05) is 42.9 Å². The van der Waals surface area contributed by atoms with E-state index in [0.29, 0.717) is 22.9 Å². The topological polar surface area (TPSA) is 70.1 Å². The highest BCUT2D eigenvalue weighted by Crippen LogP contribution is 2.24. The molecule has 0 saturated carbocycles. The molecule has 2 aromatic heterocycles. The summed E-state index contributed by atoms with van der Waals surface area (Å²) in [5.41, 5.74) is 1.87. The van der Waals surface area contributed by atoms with E-state index < -0.39 is 0 Å². The molecule has 134 valence electrons. The molecule has 0 spiro atoms. The summed E-state index contributed by atoms with van der Waals surface area (Å²) in [6.45, 7) is 6.93. The molecule has 8 heteroatoms. The van der Waals surface area contributed by atoms with Crippen LogP contribution in [0.25, 0.3) is 11.2 Å². The predicted octanol–water partition coefficient (Wildman–Crippen LogP) is 2.44. The first-order chi connectivity index (χ1) is 12.7. The first kappa shape index (κ1) is 16.6. The van der Waals surface area contributed by atoms with Crippen molar-refractivity contribution in [3.05, 3.63) is 42.5 Å². The van der Waals surface area contributed by atoms with E-state index in [1.807, 2.05) is 0 Å². The number of rotatable bonds is 4. The van der Waals surface area contributed by atoms with Crippen LogP contribution < -0.4 is 10.2 Å². The lowest BCUT2D eigenvalue weighted by Crippen LogP contribution is -2.46. The van der Waals surface area contributed by atoms with E-state index in [1.165, 1.54) is 12.1 Å². The summed E-state index contributed by atoms with van der Waals surface area (Å²) in [4.78, 5) is 22.5. The summed E-state index contributed by atoms with van der Waals surface area (Å²) >= 11 is 0. The van der Waals surface area contributed by atoms with Gasteiger partial charge in [0, 0.05) is 44.3 Å². The number of benzene rings is 1. The summed E-state index contributed by atoms with van der Waals surface area (Å²) < 4.78 is 13.2. The van der Waals surface area contributed by atoms with Crippen LogP contribution in [0.5, 0.6) is 0 Å². The molecular weight excluding hydrogens is 333 g/mol. The summed E-state index contributed by atoms with van der Waals surface area (Å²) in [6.07, 6.45) is 3.23. The standard InChI is InChI=1S/C18H20FN7/c1-2-25-9-11-26(12-10-25)18-23-16-15(20-7-8-21-16)17(24-18)22-14-5-3-13(19)4-6-14/h3-8H,2,9-12H2,1H3,(H,21,22,23,24). The van der Waals surface area contributed by atoms with Gasteiger partial charge in [-0.3, -0.25) is 0 Å². The lowest BCUT2D eigenvalue weighted by atomic mass is 10.3. The van der Waals surface area contributed by atoms with Gasteiger partial charge in [-0.25, -0.2) is 14.4 Å². The van der Waals surface area contributed by atoms with Crippen molar-refractivity contribution in [1.82, 2.24) is 24.8 Å². The molecule has 1 aliphatic rings. The number of halogens is 1. The Morgan fingerprint density at radius 1 is 1.00 bits per heavy atom. The molecule has 1 aromatic carbocycles. The van der Waals surface area contributed by atoms with E-state index in [4.69, 9.17) is 0 Å². The highest BCUT2D eigenvalue weighted by molar-refractivity contribution is 5.85. The quantitative estimate of drug-likeness (QED) is 0.772. The van der Waals surface area contributed by atoms with Gasteiger partial charge in [0.05, 0.1) is 0 Å². The van der Waals surface area contributed by atoms with Gasteiger partial charge in [0.2, 0.25) is 5.95 Å². The first-order valence-electron chi connectivity index (χ1n) is 8.71. The van der Waals surface area contributed by atoms with Crippen LogP contribution in [0.15, 0.2) is 36.7 Å². The Labute approximate surface area is 150 Å². The third kappa shape index (κ3) is 3.41. The zero-order valence-corrected chi connectivity index (χ0v) is 14.6. The normalized spacial score (nSPS) is 15.4. The van der Waals surface area contributed by atoms with E-state index in [1.54, 1.807) is 24.5 Å². The van der Waals surface area contributed by atoms with Crippen molar-refractivity contribution in [2.24, 2.45) is 0 Å². The van der Waals surface area contributed by atoms with Gasteiger partial charge in [0.15, 0.2) is 17.0 Å². The van der Waals surface area contributed by atoms with Gasteiger partial charge in [-0.2, -0.15) is 9.97 Å². The molecule has 4 rings (SSSR count). The highest BCUT2D eigenvalue weighted by Gasteiger charge is 2.20. The molecule has 0 amide bonds. The monoisotopic (exact) mass is 353 g/mol. The average Bonchev–Trinajstić information content (AvgIpc) is 2.69. The van der Waals surface area contributed by atoms with Gasteiger partial charge in [0.25, 0.3) is 0 Å². The van der Waals surface area contributed by atoms with Crippen LogP contribution in [0.3, 0.4) is 0 Å². The molecule has 0 radical (unpaired) electrons. The van der Waals surface area contributed by atoms with Crippen LogP contribution in [-0.4, -0.2) is 57.6 Å². The summed E-state index contributed by atoms with van der Waals surface area (Å²) in [5, 5.41) is 3.22. The van der Waals surface area contributed by atoms with E-state index in [2.05, 4.69) is 42.0 Å². The van der Waals surface area contributed by atoms with Gasteiger partial charge in [-0.1, -0.05) is 6.92 Å². The van der Waals surface area contributed by atoms with Crippen molar-refractivity contribution < 1.29 is 4.39 Å². The molecular formula is C18H20FN7. The molecule has 3 heterocycles. The molecule has 0 atom stereocenters. The van der Waals surface area contributed by atoms with Crippen LogP contribution in [-0.2, 0) is 0 Å². The van der Waals surface area contributed by atoms with E-state index in [-0.39, 0.29) is 5.82 Å². The number of nitrogens with zero attached hydrogens (tertiary/aromatic N) is 6. The maximum absolute atomic E-state index is 13.2. The number of nitrogens with one attached hydrogen (secondary N) is 1. The molecule has 7 nitrogen and oxygen atoms in total. The second-order valence-corrected chi connectivity index (χ2v) is 6.15. The number of hydrogen-bond donors (Lipinski definition) is 1. The molecule has 26 heavy (non-hydrogen) atoms. The van der Waals surface area contributed by atoms with Crippen molar-refractivity contribution in [3.8, 4) is 0 Å². The third-order valence-electron chi connectivity index (χ3n) is 4.53. The van der Waals surface area contributed by atoms with Gasteiger partial charge in [0.1, 0.15) is 5.82 Å². The SMILES string of the molecule is CCN1CCN(c2nc(Nc3ccc(F)cc3)c3nccnc3n2)CC1. The van der Waals surface area contributed by atoms with Gasteiger partial charge in [-0.15, -0.1) is 0 Å². The number of likely N-dealkylation sites (N-methyl/N-ethyl adjacent to an activating group) is 1. The Morgan fingerprint density at radius 3 is 2.46 bits per heavy atom. The molecule has 0 unspecified atom stereocenters. The van der Waals surface area contributed by atoms with Gasteiger partial charge >= 0.3 is 0 Å². The highest BCUT2D eigenvalue weighted by atomic mass is 19.1. The van der Waals surface area contributed by atoms with Crippen LogP contribution >= 0.6 is 0 Å². The third-order valence-corrected chi connectivity index (χ3v) is 4.53. The lowest BCUT2D eigenvalue weighted by molar-refractivity contribution is 0.270. The average molecular weight is 353 g/mol. The maximum atomic E-state index is 13.2.